The highest BCUT2D eigenvalue weighted by Crippen LogP contribution is 2.27. The van der Waals surface area contributed by atoms with E-state index < -0.39 is 0 Å². The van der Waals surface area contributed by atoms with E-state index in [0.717, 1.165) is 16.7 Å². The van der Waals surface area contributed by atoms with Crippen molar-refractivity contribution in [3.05, 3.63) is 58.1 Å². The lowest BCUT2D eigenvalue weighted by Crippen LogP contribution is -2.14. The zero-order valence-electron chi connectivity index (χ0n) is 9.49. The van der Waals surface area contributed by atoms with Gasteiger partial charge in [0.25, 0.3) is 0 Å². The predicted octanol–water partition coefficient (Wildman–Crippen LogP) is 3.69. The maximum atomic E-state index is 11.1. The van der Waals surface area contributed by atoms with Crippen LogP contribution in [0.2, 0.25) is 10.0 Å². The van der Waals surface area contributed by atoms with Gasteiger partial charge in [-0.05, 0) is 41.0 Å². The molecule has 0 spiro atoms. The van der Waals surface area contributed by atoms with Crippen molar-refractivity contribution in [3.63, 3.8) is 0 Å². The molecule has 0 saturated carbocycles. The van der Waals surface area contributed by atoms with Crippen molar-refractivity contribution >= 4 is 29.1 Å². The molecule has 2 N–H and O–H groups in total. The third kappa shape index (κ3) is 3.03. The van der Waals surface area contributed by atoms with Crippen LogP contribution in [0.15, 0.2) is 42.5 Å². The van der Waals surface area contributed by atoms with Crippen molar-refractivity contribution < 1.29 is 4.79 Å². The Morgan fingerprint density at radius 3 is 2.22 bits per heavy atom. The summed E-state index contributed by atoms with van der Waals surface area (Å²) in [6.07, 6.45) is 0.165. The van der Waals surface area contributed by atoms with Crippen molar-refractivity contribution in [3.8, 4) is 11.1 Å². The fourth-order valence-electron chi connectivity index (χ4n) is 1.81. The lowest BCUT2D eigenvalue weighted by molar-refractivity contribution is -0.117. The number of carbonyl (C=O) groups is 1. The molecule has 0 atom stereocenters. The summed E-state index contributed by atoms with van der Waals surface area (Å²) < 4.78 is 0. The Hall–Kier alpha value is -1.51. The molecule has 0 fully saturated rings. The van der Waals surface area contributed by atoms with E-state index in [0.29, 0.717) is 10.0 Å². The van der Waals surface area contributed by atoms with E-state index >= 15 is 0 Å². The van der Waals surface area contributed by atoms with E-state index in [1.807, 2.05) is 18.2 Å². The summed E-state index contributed by atoms with van der Waals surface area (Å²) >= 11 is 11.8. The van der Waals surface area contributed by atoms with Gasteiger partial charge in [-0.25, -0.2) is 0 Å². The van der Waals surface area contributed by atoms with E-state index in [1.54, 1.807) is 24.3 Å². The van der Waals surface area contributed by atoms with E-state index in [9.17, 15) is 4.79 Å². The molecule has 4 heteroatoms. The summed E-state index contributed by atoms with van der Waals surface area (Å²) in [6.45, 7) is 0. The second kappa shape index (κ2) is 5.42. The topological polar surface area (TPSA) is 43.1 Å². The highest BCUT2D eigenvalue weighted by atomic mass is 35.5. The monoisotopic (exact) mass is 279 g/mol. The van der Waals surface area contributed by atoms with Gasteiger partial charge in [-0.1, -0.05) is 41.4 Å². The third-order valence-corrected chi connectivity index (χ3v) is 3.07. The Bertz CT molecular complexity index is 579. The first-order valence-electron chi connectivity index (χ1n) is 5.39. The SMILES string of the molecule is NC(=O)Cc1cc(Cl)ccc1-c1ccc(Cl)cc1. The van der Waals surface area contributed by atoms with Crippen molar-refractivity contribution in [1.29, 1.82) is 0 Å². The van der Waals surface area contributed by atoms with Gasteiger partial charge in [-0.3, -0.25) is 4.79 Å². The Labute approximate surface area is 115 Å². The molecular weight excluding hydrogens is 269 g/mol. The van der Waals surface area contributed by atoms with Crippen LogP contribution < -0.4 is 5.73 Å². The fourth-order valence-corrected chi connectivity index (χ4v) is 2.13. The van der Waals surface area contributed by atoms with E-state index in [1.165, 1.54) is 0 Å². The van der Waals surface area contributed by atoms with E-state index in [4.69, 9.17) is 28.9 Å². The standard InChI is InChI=1S/C14H11Cl2NO/c15-11-3-1-9(2-4-11)13-6-5-12(16)7-10(13)8-14(17)18/h1-7H,8H2,(H2,17,18). The molecule has 0 bridgehead atoms. The van der Waals surface area contributed by atoms with Crippen LogP contribution in [0.1, 0.15) is 5.56 Å². The fraction of sp³-hybridized carbons (Fsp3) is 0.0714. The maximum absolute atomic E-state index is 11.1. The number of benzene rings is 2. The molecule has 0 heterocycles. The molecule has 0 unspecified atom stereocenters. The Balaban J connectivity index is 2.49. The van der Waals surface area contributed by atoms with Crippen LogP contribution in [0.25, 0.3) is 11.1 Å². The lowest BCUT2D eigenvalue weighted by atomic mass is 9.97. The summed E-state index contributed by atoms with van der Waals surface area (Å²) in [6, 6.07) is 12.8. The largest absolute Gasteiger partial charge is 0.369 e. The van der Waals surface area contributed by atoms with Gasteiger partial charge >= 0.3 is 0 Å². The quantitative estimate of drug-likeness (QED) is 0.915. The summed E-state index contributed by atoms with van der Waals surface area (Å²) in [5.74, 6) is -0.382. The first kappa shape index (κ1) is 12.9. The highest BCUT2D eigenvalue weighted by molar-refractivity contribution is 6.31. The van der Waals surface area contributed by atoms with Crippen LogP contribution in [0, 0.1) is 0 Å². The minimum Gasteiger partial charge on any atom is -0.369 e. The zero-order valence-corrected chi connectivity index (χ0v) is 11.0. The first-order valence-corrected chi connectivity index (χ1v) is 6.14. The predicted molar refractivity (Wildman–Crippen MR) is 74.8 cm³/mol. The van der Waals surface area contributed by atoms with Gasteiger partial charge in [0.2, 0.25) is 5.91 Å². The molecule has 2 aromatic carbocycles. The number of hydrogen-bond acceptors (Lipinski definition) is 1. The van der Waals surface area contributed by atoms with Crippen LogP contribution in [-0.2, 0) is 11.2 Å². The molecule has 0 radical (unpaired) electrons. The first-order chi connectivity index (χ1) is 8.56. The third-order valence-electron chi connectivity index (χ3n) is 2.59. The van der Waals surface area contributed by atoms with Crippen molar-refractivity contribution in [2.45, 2.75) is 6.42 Å². The molecule has 18 heavy (non-hydrogen) atoms. The van der Waals surface area contributed by atoms with Crippen molar-refractivity contribution in [1.82, 2.24) is 0 Å². The van der Waals surface area contributed by atoms with Gasteiger partial charge in [0.1, 0.15) is 0 Å². The van der Waals surface area contributed by atoms with Gasteiger partial charge in [-0.2, -0.15) is 0 Å². The number of nitrogens with two attached hydrogens (primary N) is 1. The normalized spacial score (nSPS) is 10.3. The van der Waals surface area contributed by atoms with Crippen molar-refractivity contribution in [2.75, 3.05) is 0 Å². The molecule has 0 aliphatic rings. The van der Waals surface area contributed by atoms with Gasteiger partial charge < -0.3 is 5.73 Å². The summed E-state index contributed by atoms with van der Waals surface area (Å²) in [5.41, 5.74) is 7.98. The van der Waals surface area contributed by atoms with Gasteiger partial charge in [0.05, 0.1) is 6.42 Å². The average molecular weight is 280 g/mol. The summed E-state index contributed by atoms with van der Waals surface area (Å²) in [4.78, 5) is 11.1. The Morgan fingerprint density at radius 2 is 1.61 bits per heavy atom. The van der Waals surface area contributed by atoms with Crippen molar-refractivity contribution in [2.24, 2.45) is 5.73 Å². The number of carbonyl (C=O) groups excluding carboxylic acids is 1. The molecule has 0 aliphatic carbocycles. The molecule has 0 aromatic heterocycles. The molecule has 92 valence electrons. The van der Waals surface area contributed by atoms with Crippen LogP contribution >= 0.6 is 23.2 Å². The van der Waals surface area contributed by atoms with Crippen LogP contribution in [-0.4, -0.2) is 5.91 Å². The molecule has 2 aromatic rings. The van der Waals surface area contributed by atoms with E-state index in [-0.39, 0.29) is 12.3 Å². The minimum absolute atomic E-state index is 0.165. The average Bonchev–Trinajstić information content (AvgIpc) is 2.30. The highest BCUT2D eigenvalue weighted by Gasteiger charge is 2.08. The van der Waals surface area contributed by atoms with Crippen LogP contribution in [0.4, 0.5) is 0 Å². The smallest absolute Gasteiger partial charge is 0.221 e. The second-order valence-electron chi connectivity index (χ2n) is 3.95. The number of amides is 1. The summed E-state index contributed by atoms with van der Waals surface area (Å²) in [5, 5.41) is 1.26. The van der Waals surface area contributed by atoms with Crippen LogP contribution in [0.5, 0.6) is 0 Å². The van der Waals surface area contributed by atoms with Gasteiger partial charge in [-0.15, -0.1) is 0 Å². The maximum Gasteiger partial charge on any atom is 0.221 e. The number of halogens is 2. The zero-order chi connectivity index (χ0) is 13.1. The molecule has 1 amide bonds. The molecule has 2 rings (SSSR count). The van der Waals surface area contributed by atoms with E-state index in [2.05, 4.69) is 0 Å². The summed E-state index contributed by atoms with van der Waals surface area (Å²) in [7, 11) is 0. The second-order valence-corrected chi connectivity index (χ2v) is 4.82. The van der Waals surface area contributed by atoms with Crippen LogP contribution in [0.3, 0.4) is 0 Å². The Kier molecular flexibility index (Phi) is 3.90. The molecular formula is C14H11Cl2NO. The minimum atomic E-state index is -0.382. The van der Waals surface area contributed by atoms with Gasteiger partial charge in [0, 0.05) is 10.0 Å². The number of rotatable bonds is 3. The Morgan fingerprint density at radius 1 is 1.00 bits per heavy atom. The molecule has 0 saturated heterocycles. The number of primary amides is 1. The molecule has 0 aliphatic heterocycles. The lowest BCUT2D eigenvalue weighted by Gasteiger charge is -2.09. The van der Waals surface area contributed by atoms with Gasteiger partial charge in [0.15, 0.2) is 0 Å². The molecule has 2 nitrogen and oxygen atoms in total. The number of hydrogen-bond donors (Lipinski definition) is 1.